The Kier molecular flexibility index (Phi) is 8.52. The van der Waals surface area contributed by atoms with Crippen molar-refractivity contribution < 1.29 is 33.6 Å². The Morgan fingerprint density at radius 1 is 0.974 bits per heavy atom. The third kappa shape index (κ3) is 6.39. The fourth-order valence-corrected chi connectivity index (χ4v) is 5.33. The number of nitrogens with zero attached hydrogens (tertiary/aromatic N) is 3. The topological polar surface area (TPSA) is 150 Å². The van der Waals surface area contributed by atoms with Gasteiger partial charge >= 0.3 is 5.97 Å². The Balaban J connectivity index is 1.64. The smallest absolute Gasteiger partial charge is 0.305 e. The van der Waals surface area contributed by atoms with E-state index in [2.05, 4.69) is 5.32 Å². The van der Waals surface area contributed by atoms with Crippen LogP contribution in [0.3, 0.4) is 0 Å². The maximum absolute atomic E-state index is 13.9. The number of nitro groups is 1. The number of carboxylic acid groups (broad SMARTS) is 1. The van der Waals surface area contributed by atoms with Crippen molar-refractivity contribution in [2.45, 2.75) is 50.7 Å². The minimum atomic E-state index is -1.43. The number of nitro benzene ring substituents is 1. The molecule has 1 heterocycles. The monoisotopic (exact) mass is 540 g/mol. The van der Waals surface area contributed by atoms with Gasteiger partial charge in [0, 0.05) is 42.4 Å². The highest BCUT2D eigenvalue weighted by molar-refractivity contribution is 6.02. The van der Waals surface area contributed by atoms with Gasteiger partial charge in [-0.15, -0.1) is 0 Å². The molecule has 2 unspecified atom stereocenters. The van der Waals surface area contributed by atoms with Crippen LogP contribution in [-0.2, 0) is 9.59 Å². The predicted octanol–water partition coefficient (Wildman–Crippen LogP) is 3.20. The lowest BCUT2D eigenvalue weighted by atomic mass is 9.82. The second kappa shape index (κ2) is 12.0. The van der Waals surface area contributed by atoms with Gasteiger partial charge in [0.1, 0.15) is 5.82 Å². The maximum Gasteiger partial charge on any atom is 0.305 e. The second-order valence-corrected chi connectivity index (χ2v) is 9.80. The first-order valence-electron chi connectivity index (χ1n) is 12.8. The number of hydrogen-bond acceptors (Lipinski definition) is 6. The number of nitrogens with one attached hydrogen (secondary N) is 1. The molecule has 2 aromatic carbocycles. The molecule has 1 saturated carbocycles. The zero-order chi connectivity index (χ0) is 28.1. The van der Waals surface area contributed by atoms with E-state index in [1.54, 1.807) is 0 Å². The first-order valence-corrected chi connectivity index (χ1v) is 12.8. The van der Waals surface area contributed by atoms with Crippen LogP contribution >= 0.6 is 0 Å². The van der Waals surface area contributed by atoms with Crippen LogP contribution in [0.25, 0.3) is 0 Å². The lowest BCUT2D eigenvalue weighted by Crippen LogP contribution is -2.57. The van der Waals surface area contributed by atoms with Crippen LogP contribution in [0.1, 0.15) is 59.2 Å². The van der Waals surface area contributed by atoms with Crippen molar-refractivity contribution >= 4 is 29.4 Å². The predicted molar refractivity (Wildman–Crippen MR) is 136 cm³/mol. The fraction of sp³-hybridized carbons (Fsp3) is 0.407. The minimum absolute atomic E-state index is 0.00759. The summed E-state index contributed by atoms with van der Waals surface area (Å²) in [5, 5.41) is 23.3. The van der Waals surface area contributed by atoms with Gasteiger partial charge in [-0.3, -0.25) is 29.3 Å². The fourth-order valence-electron chi connectivity index (χ4n) is 5.33. The van der Waals surface area contributed by atoms with E-state index in [0.717, 1.165) is 43.1 Å². The maximum atomic E-state index is 13.9. The van der Waals surface area contributed by atoms with Crippen LogP contribution in [0.2, 0.25) is 0 Å². The van der Waals surface area contributed by atoms with Gasteiger partial charge in [-0.05, 0) is 49.1 Å². The zero-order valence-corrected chi connectivity index (χ0v) is 21.1. The van der Waals surface area contributed by atoms with Gasteiger partial charge in [0.2, 0.25) is 0 Å². The van der Waals surface area contributed by atoms with Gasteiger partial charge in [-0.25, -0.2) is 4.39 Å². The first kappa shape index (κ1) is 27.7. The highest BCUT2D eigenvalue weighted by Crippen LogP contribution is 2.29. The highest BCUT2D eigenvalue weighted by Gasteiger charge is 2.44. The molecule has 4 rings (SSSR count). The number of aliphatic carboxylic acids is 1. The highest BCUT2D eigenvalue weighted by atomic mass is 19.1. The molecular formula is C27H29FN4O7. The Labute approximate surface area is 223 Å². The van der Waals surface area contributed by atoms with E-state index in [-0.39, 0.29) is 42.2 Å². The van der Waals surface area contributed by atoms with Crippen molar-refractivity contribution in [2.24, 2.45) is 5.92 Å². The third-order valence-corrected chi connectivity index (χ3v) is 7.27. The number of carbonyl (C=O) groups excluding carboxylic acids is 3. The van der Waals surface area contributed by atoms with Gasteiger partial charge in [0.15, 0.2) is 6.17 Å². The molecule has 206 valence electrons. The molecule has 0 bridgehead atoms. The van der Waals surface area contributed by atoms with Crippen LogP contribution in [0.5, 0.6) is 0 Å². The van der Waals surface area contributed by atoms with Crippen LogP contribution in [0.4, 0.5) is 10.1 Å². The molecule has 12 heteroatoms. The average molecular weight is 541 g/mol. The third-order valence-electron chi connectivity index (χ3n) is 7.27. The van der Waals surface area contributed by atoms with Crippen molar-refractivity contribution in [1.82, 2.24) is 15.1 Å². The minimum Gasteiger partial charge on any atom is -0.481 e. The number of carboxylic acids is 1. The van der Waals surface area contributed by atoms with Crippen molar-refractivity contribution in [3.05, 3.63) is 75.6 Å². The van der Waals surface area contributed by atoms with Gasteiger partial charge < -0.3 is 20.2 Å². The van der Waals surface area contributed by atoms with Gasteiger partial charge in [0.05, 0.1) is 11.3 Å². The molecule has 0 radical (unpaired) electrons. The number of hydrogen-bond donors (Lipinski definition) is 2. The lowest BCUT2D eigenvalue weighted by Gasteiger charge is -2.34. The van der Waals surface area contributed by atoms with Crippen LogP contribution in [0, 0.1) is 21.8 Å². The molecule has 2 N–H and O–H groups in total. The normalized spacial score (nSPS) is 18.4. The number of amides is 3. The lowest BCUT2D eigenvalue weighted by molar-refractivity contribution is -0.384. The number of rotatable bonds is 8. The Morgan fingerprint density at radius 3 is 2.15 bits per heavy atom. The molecule has 0 spiro atoms. The molecule has 2 atom stereocenters. The van der Waals surface area contributed by atoms with Crippen LogP contribution in [0.15, 0.2) is 48.5 Å². The zero-order valence-electron chi connectivity index (χ0n) is 21.1. The van der Waals surface area contributed by atoms with Gasteiger partial charge in [-0.1, -0.05) is 25.3 Å². The number of carbonyl (C=O) groups is 4. The number of non-ortho nitro benzene ring substituents is 1. The van der Waals surface area contributed by atoms with E-state index < -0.39 is 46.6 Å². The first-order chi connectivity index (χ1) is 18.7. The summed E-state index contributed by atoms with van der Waals surface area (Å²) in [4.78, 5) is 64.9. The Bertz CT molecular complexity index is 1260. The number of halogens is 1. The van der Waals surface area contributed by atoms with Crippen molar-refractivity contribution in [3.8, 4) is 0 Å². The summed E-state index contributed by atoms with van der Waals surface area (Å²) in [5.74, 6) is -3.80. The largest absolute Gasteiger partial charge is 0.481 e. The summed E-state index contributed by atoms with van der Waals surface area (Å²) in [5.41, 5.74) is -0.145. The van der Waals surface area contributed by atoms with Crippen molar-refractivity contribution in [3.63, 3.8) is 0 Å². The molecule has 2 fully saturated rings. The Morgan fingerprint density at radius 2 is 1.59 bits per heavy atom. The number of benzene rings is 2. The summed E-state index contributed by atoms with van der Waals surface area (Å²) >= 11 is 0. The van der Waals surface area contributed by atoms with E-state index in [1.807, 2.05) is 0 Å². The molecule has 1 saturated heterocycles. The summed E-state index contributed by atoms with van der Waals surface area (Å²) in [6, 6.07) is 9.14. The average Bonchev–Trinajstić information content (AvgIpc) is 3.37. The molecular weight excluding hydrogens is 511 g/mol. The second-order valence-electron chi connectivity index (χ2n) is 9.80. The molecule has 1 aliphatic carbocycles. The van der Waals surface area contributed by atoms with E-state index in [9.17, 15) is 38.8 Å². The van der Waals surface area contributed by atoms with Crippen molar-refractivity contribution in [1.29, 1.82) is 0 Å². The molecule has 2 aliphatic rings. The SMILES string of the molecule is O=C(O)CC(NC(=O)C1N(C(=O)c2ccc([N+](=O)[O-])cc2)CCN1C(=O)c1cccc(F)c1)C1CCCCC1. The van der Waals surface area contributed by atoms with Crippen molar-refractivity contribution in [2.75, 3.05) is 13.1 Å². The quantitative estimate of drug-likeness (QED) is 0.386. The molecule has 0 aromatic heterocycles. The summed E-state index contributed by atoms with van der Waals surface area (Å²) < 4.78 is 13.9. The summed E-state index contributed by atoms with van der Waals surface area (Å²) in [7, 11) is 0. The summed E-state index contributed by atoms with van der Waals surface area (Å²) in [6.07, 6.45) is 2.62. The molecule has 1 aliphatic heterocycles. The van der Waals surface area contributed by atoms with Crippen LogP contribution < -0.4 is 5.32 Å². The van der Waals surface area contributed by atoms with E-state index in [4.69, 9.17) is 0 Å². The molecule has 11 nitrogen and oxygen atoms in total. The summed E-state index contributed by atoms with van der Waals surface area (Å²) in [6.45, 7) is -0.0544. The Hall–Kier alpha value is -4.35. The van der Waals surface area contributed by atoms with Crippen LogP contribution in [-0.4, -0.2) is 68.8 Å². The van der Waals surface area contributed by atoms with E-state index >= 15 is 0 Å². The standard InChI is InChI=1S/C27H29FN4O7/c28-20-8-4-7-19(15-20)27(37)31-14-13-30(26(36)18-9-11-21(12-10-18)32(38)39)25(31)24(35)29-22(16-23(33)34)17-5-2-1-3-6-17/h4,7-12,15,17,22,25H,1-3,5-6,13-14,16H2,(H,29,35)(H,33,34). The van der Waals surface area contributed by atoms with Gasteiger partial charge in [-0.2, -0.15) is 0 Å². The molecule has 2 aromatic rings. The molecule has 39 heavy (non-hydrogen) atoms. The molecule has 3 amide bonds. The van der Waals surface area contributed by atoms with E-state index in [1.165, 1.54) is 47.4 Å². The van der Waals surface area contributed by atoms with E-state index in [0.29, 0.717) is 0 Å². The van der Waals surface area contributed by atoms with Gasteiger partial charge in [0.25, 0.3) is 23.4 Å².